The molecule has 1 aliphatic heterocycles. The third-order valence-corrected chi connectivity index (χ3v) is 6.09. The van der Waals surface area contributed by atoms with Crippen molar-refractivity contribution in [1.29, 1.82) is 0 Å². The van der Waals surface area contributed by atoms with E-state index in [4.69, 9.17) is 18.9 Å². The summed E-state index contributed by atoms with van der Waals surface area (Å²) in [7, 11) is 0. The third-order valence-electron chi connectivity index (χ3n) is 6.09. The lowest BCUT2D eigenvalue weighted by atomic mass is 9.98. The number of ether oxygens (including phenoxy) is 4. The second kappa shape index (κ2) is 12.3. The van der Waals surface area contributed by atoms with E-state index in [1.165, 1.54) is 5.56 Å². The second-order valence-corrected chi connectivity index (χ2v) is 11.2. The summed E-state index contributed by atoms with van der Waals surface area (Å²) in [6.45, 7) is 15.3. The first-order valence-corrected chi connectivity index (χ1v) is 12.9. The first-order valence-electron chi connectivity index (χ1n) is 12.9. The lowest BCUT2D eigenvalue weighted by Crippen LogP contribution is -2.52. The highest BCUT2D eigenvalue weighted by Crippen LogP contribution is 2.34. The van der Waals surface area contributed by atoms with Crippen molar-refractivity contribution in [2.24, 2.45) is 0 Å². The summed E-state index contributed by atoms with van der Waals surface area (Å²) in [5.74, 6) is -1.03. The molecule has 0 radical (unpaired) electrons. The van der Waals surface area contributed by atoms with Gasteiger partial charge in [0.2, 0.25) is 0 Å². The molecule has 36 heavy (non-hydrogen) atoms. The van der Waals surface area contributed by atoms with E-state index >= 15 is 0 Å². The Bertz CT molecular complexity index is 939. The van der Waals surface area contributed by atoms with Crippen LogP contribution in [0.4, 0.5) is 0 Å². The Morgan fingerprint density at radius 2 is 1.56 bits per heavy atom. The van der Waals surface area contributed by atoms with Crippen LogP contribution in [0, 0.1) is 0 Å². The molecular formula is C30H43NO5. The fourth-order valence-corrected chi connectivity index (χ4v) is 4.64. The zero-order valence-corrected chi connectivity index (χ0v) is 22.9. The fraction of sp³-hybridized carbons (Fsp3) is 0.567. The van der Waals surface area contributed by atoms with Crippen molar-refractivity contribution < 1.29 is 23.7 Å². The van der Waals surface area contributed by atoms with Crippen molar-refractivity contribution >= 4 is 5.97 Å². The van der Waals surface area contributed by atoms with E-state index in [0.717, 1.165) is 5.56 Å². The van der Waals surface area contributed by atoms with Crippen LogP contribution in [0.1, 0.15) is 66.0 Å². The maximum absolute atomic E-state index is 13.1. The van der Waals surface area contributed by atoms with Crippen molar-refractivity contribution in [3.63, 3.8) is 0 Å². The first kappa shape index (κ1) is 28.3. The Labute approximate surface area is 216 Å². The van der Waals surface area contributed by atoms with Gasteiger partial charge in [-0.2, -0.15) is 0 Å². The van der Waals surface area contributed by atoms with Crippen LogP contribution in [0.3, 0.4) is 0 Å². The normalized spacial score (nSPS) is 20.6. The molecule has 0 aromatic heterocycles. The van der Waals surface area contributed by atoms with Gasteiger partial charge in [0.1, 0.15) is 17.8 Å². The number of esters is 1. The minimum Gasteiger partial charge on any atom is -0.460 e. The smallest absolute Gasteiger partial charge is 0.308 e. The van der Waals surface area contributed by atoms with Gasteiger partial charge in [0, 0.05) is 18.6 Å². The molecule has 0 aliphatic carbocycles. The van der Waals surface area contributed by atoms with Crippen molar-refractivity contribution in [2.75, 3.05) is 6.61 Å². The number of carbonyl (C=O) groups excluding carboxylic acids is 1. The molecule has 1 aliphatic rings. The van der Waals surface area contributed by atoms with Gasteiger partial charge < -0.3 is 18.9 Å². The van der Waals surface area contributed by atoms with E-state index in [2.05, 4.69) is 30.9 Å². The van der Waals surface area contributed by atoms with Gasteiger partial charge in [-0.3, -0.25) is 9.69 Å². The quantitative estimate of drug-likeness (QED) is 0.369. The van der Waals surface area contributed by atoms with E-state index in [-0.39, 0.29) is 36.7 Å². The Morgan fingerprint density at radius 3 is 2.11 bits per heavy atom. The average Bonchev–Trinajstić information content (AvgIpc) is 3.10. The van der Waals surface area contributed by atoms with Crippen molar-refractivity contribution in [3.8, 4) is 0 Å². The molecule has 3 rings (SSSR count). The highest BCUT2D eigenvalue weighted by Gasteiger charge is 2.48. The summed E-state index contributed by atoms with van der Waals surface area (Å²) in [6.07, 6.45) is -0.496. The molecule has 0 saturated carbocycles. The number of benzene rings is 2. The third kappa shape index (κ3) is 8.70. The molecule has 1 fully saturated rings. The van der Waals surface area contributed by atoms with Gasteiger partial charge in [-0.15, -0.1) is 0 Å². The number of nitrogens with zero attached hydrogens (tertiary/aromatic N) is 1. The number of carbonyl (C=O) groups is 1. The highest BCUT2D eigenvalue weighted by molar-refractivity contribution is 5.70. The molecule has 2 aromatic carbocycles. The summed E-state index contributed by atoms with van der Waals surface area (Å²) in [5, 5.41) is 0. The lowest BCUT2D eigenvalue weighted by molar-refractivity contribution is -0.165. The minimum absolute atomic E-state index is 0.163. The second-order valence-electron chi connectivity index (χ2n) is 11.2. The molecule has 198 valence electrons. The molecule has 0 spiro atoms. The zero-order valence-electron chi connectivity index (χ0n) is 22.9. The molecule has 0 bridgehead atoms. The maximum atomic E-state index is 13.1. The number of rotatable bonds is 11. The van der Waals surface area contributed by atoms with Crippen molar-refractivity contribution in [2.45, 2.75) is 104 Å². The van der Waals surface area contributed by atoms with Crippen LogP contribution >= 0.6 is 0 Å². The van der Waals surface area contributed by atoms with Crippen LogP contribution in [0.5, 0.6) is 0 Å². The highest BCUT2D eigenvalue weighted by atomic mass is 16.8. The standard InChI is InChI=1S/C30H43NO5/c1-22(2)31(19-23-14-10-8-11-15-23)25(18-27(32)35-29(3,4)5)28-26(34-30(6,7)36-28)21-33-20-24-16-12-9-13-17-24/h8-17,22,25-26,28H,18-21H2,1-7H3/t25-,26+,28-/m1/s1. The predicted molar refractivity (Wildman–Crippen MR) is 141 cm³/mol. The van der Waals surface area contributed by atoms with Gasteiger partial charge in [0.25, 0.3) is 0 Å². The molecular weight excluding hydrogens is 454 g/mol. The van der Waals surface area contributed by atoms with Gasteiger partial charge in [-0.1, -0.05) is 60.7 Å². The Kier molecular flexibility index (Phi) is 9.70. The van der Waals surface area contributed by atoms with Crippen molar-refractivity contribution in [3.05, 3.63) is 71.8 Å². The van der Waals surface area contributed by atoms with Crippen LogP contribution in [0.15, 0.2) is 60.7 Å². The first-order chi connectivity index (χ1) is 16.9. The summed E-state index contributed by atoms with van der Waals surface area (Å²) in [6, 6.07) is 20.3. The molecule has 3 atom stereocenters. The van der Waals surface area contributed by atoms with E-state index < -0.39 is 11.4 Å². The fourth-order valence-electron chi connectivity index (χ4n) is 4.64. The molecule has 1 saturated heterocycles. The van der Waals surface area contributed by atoms with Crippen molar-refractivity contribution in [1.82, 2.24) is 4.90 Å². The van der Waals surface area contributed by atoms with Gasteiger partial charge in [0.05, 0.1) is 19.6 Å². The van der Waals surface area contributed by atoms with Crippen LogP contribution in [0.25, 0.3) is 0 Å². The van der Waals surface area contributed by atoms with Crippen LogP contribution < -0.4 is 0 Å². The summed E-state index contributed by atoms with van der Waals surface area (Å²) >= 11 is 0. The van der Waals surface area contributed by atoms with E-state index in [1.54, 1.807) is 0 Å². The van der Waals surface area contributed by atoms with Gasteiger partial charge in [0.15, 0.2) is 5.79 Å². The SMILES string of the molecule is CC(C)N(Cc1ccccc1)[C@H](CC(=O)OC(C)(C)C)[C@H]1OC(C)(C)O[C@H]1COCc1ccccc1. The van der Waals surface area contributed by atoms with Gasteiger partial charge in [-0.25, -0.2) is 0 Å². The topological polar surface area (TPSA) is 57.2 Å². The molecule has 6 nitrogen and oxygen atoms in total. The summed E-state index contributed by atoms with van der Waals surface area (Å²) < 4.78 is 24.6. The summed E-state index contributed by atoms with van der Waals surface area (Å²) in [5.41, 5.74) is 1.72. The lowest BCUT2D eigenvalue weighted by Gasteiger charge is -2.39. The Morgan fingerprint density at radius 1 is 0.972 bits per heavy atom. The van der Waals surface area contributed by atoms with Crippen LogP contribution in [-0.4, -0.2) is 53.2 Å². The van der Waals surface area contributed by atoms with Gasteiger partial charge in [-0.05, 0) is 59.6 Å². The van der Waals surface area contributed by atoms with E-state index in [1.807, 2.05) is 83.1 Å². The molecule has 6 heteroatoms. The average molecular weight is 498 g/mol. The maximum Gasteiger partial charge on any atom is 0.308 e. The predicted octanol–water partition coefficient (Wildman–Crippen LogP) is 5.73. The number of hydrogen-bond acceptors (Lipinski definition) is 6. The van der Waals surface area contributed by atoms with Crippen LogP contribution in [-0.2, 0) is 36.9 Å². The molecule has 0 N–H and O–H groups in total. The summed E-state index contributed by atoms with van der Waals surface area (Å²) in [4.78, 5) is 15.4. The largest absolute Gasteiger partial charge is 0.460 e. The molecule has 0 unspecified atom stereocenters. The van der Waals surface area contributed by atoms with Gasteiger partial charge >= 0.3 is 5.97 Å². The Hall–Kier alpha value is -2.25. The molecule has 0 amide bonds. The minimum atomic E-state index is -0.785. The van der Waals surface area contributed by atoms with E-state index in [0.29, 0.717) is 19.8 Å². The molecule has 2 aromatic rings. The Balaban J connectivity index is 1.85. The van der Waals surface area contributed by atoms with Crippen LogP contribution in [0.2, 0.25) is 0 Å². The number of hydrogen-bond donors (Lipinski definition) is 0. The molecule has 1 heterocycles. The monoisotopic (exact) mass is 497 g/mol. The van der Waals surface area contributed by atoms with E-state index in [9.17, 15) is 4.79 Å². The zero-order chi connectivity index (χ0) is 26.3.